The lowest BCUT2D eigenvalue weighted by Gasteiger charge is -2.34. The van der Waals surface area contributed by atoms with E-state index in [0.29, 0.717) is 11.3 Å². The Kier molecular flexibility index (Phi) is 6.26. The van der Waals surface area contributed by atoms with Gasteiger partial charge in [0.1, 0.15) is 11.5 Å². The zero-order chi connectivity index (χ0) is 23.6. The molecule has 3 heterocycles. The number of methoxy groups -OCH3 is 1. The van der Waals surface area contributed by atoms with E-state index < -0.39 is 23.6 Å². The topological polar surface area (TPSA) is 89.9 Å². The molecule has 3 aromatic rings. The van der Waals surface area contributed by atoms with Gasteiger partial charge in [0, 0.05) is 49.1 Å². The number of aromatic nitrogens is 4. The Hall–Kier alpha value is -3.56. The van der Waals surface area contributed by atoms with Gasteiger partial charge in [-0.05, 0) is 30.5 Å². The Morgan fingerprint density at radius 3 is 2.58 bits per heavy atom. The molecule has 7 nitrogen and oxygen atoms in total. The van der Waals surface area contributed by atoms with Crippen LogP contribution in [-0.4, -0.2) is 38.9 Å². The molecule has 2 atom stereocenters. The molecule has 1 aliphatic carbocycles. The number of halogens is 3. The van der Waals surface area contributed by atoms with Crippen molar-refractivity contribution in [2.75, 3.05) is 12.4 Å². The molecule has 0 radical (unpaired) electrons. The number of rotatable bonds is 5. The first-order valence-electron chi connectivity index (χ1n) is 10.4. The number of ether oxygens (including phenoxy) is 1. The van der Waals surface area contributed by atoms with Crippen molar-refractivity contribution in [3.8, 4) is 17.3 Å². The first-order valence-corrected chi connectivity index (χ1v) is 10.4. The fraction of sp³-hybridized carbons (Fsp3) is 0.348. The normalized spacial score (nSPS) is 19.7. The molecule has 0 aromatic carbocycles. The standard InChI is InChI=1S/C23H22F3N5O2/c1-13-10-23(25,26)7-5-15(13)19-20(31-21(32)14-11-29-22(33-2)30-12-14)16(6-9-28-19)18-17(24)4-3-8-27-18/h3-4,6,8-9,11-13,15H,5,7,10H2,1-2H3,(H,31,32)/t13-,15?/m1/s1. The van der Waals surface area contributed by atoms with Crippen molar-refractivity contribution in [3.05, 3.63) is 60.1 Å². The van der Waals surface area contributed by atoms with Crippen LogP contribution in [0.3, 0.4) is 0 Å². The van der Waals surface area contributed by atoms with Crippen LogP contribution in [0.15, 0.2) is 43.0 Å². The number of hydrogen-bond donors (Lipinski definition) is 1. The van der Waals surface area contributed by atoms with E-state index in [9.17, 15) is 18.0 Å². The summed E-state index contributed by atoms with van der Waals surface area (Å²) < 4.78 is 47.5. The monoisotopic (exact) mass is 457 g/mol. The highest BCUT2D eigenvalue weighted by Crippen LogP contribution is 2.47. The fourth-order valence-electron chi connectivity index (χ4n) is 4.17. The molecule has 0 bridgehead atoms. The van der Waals surface area contributed by atoms with Gasteiger partial charge in [-0.1, -0.05) is 6.92 Å². The fourth-order valence-corrected chi connectivity index (χ4v) is 4.17. The number of alkyl halides is 2. The number of anilines is 1. The van der Waals surface area contributed by atoms with E-state index in [0.717, 1.165) is 0 Å². The van der Waals surface area contributed by atoms with E-state index >= 15 is 0 Å². The minimum absolute atomic E-state index is 0.0243. The van der Waals surface area contributed by atoms with Crippen LogP contribution in [0.5, 0.6) is 6.01 Å². The van der Waals surface area contributed by atoms with Crippen LogP contribution in [0.4, 0.5) is 18.9 Å². The summed E-state index contributed by atoms with van der Waals surface area (Å²) in [5, 5.41) is 2.78. The Labute approximate surface area is 188 Å². The summed E-state index contributed by atoms with van der Waals surface area (Å²) in [4.78, 5) is 29.4. The Morgan fingerprint density at radius 2 is 1.91 bits per heavy atom. The Morgan fingerprint density at radius 1 is 1.15 bits per heavy atom. The predicted molar refractivity (Wildman–Crippen MR) is 115 cm³/mol. The zero-order valence-electron chi connectivity index (χ0n) is 18.1. The molecular formula is C23H22F3N5O2. The molecule has 1 unspecified atom stereocenters. The van der Waals surface area contributed by atoms with Gasteiger partial charge in [-0.25, -0.2) is 23.1 Å². The average Bonchev–Trinajstić information content (AvgIpc) is 2.79. The van der Waals surface area contributed by atoms with Crippen molar-refractivity contribution < 1.29 is 22.7 Å². The average molecular weight is 457 g/mol. The molecule has 0 aliphatic heterocycles. The molecule has 4 rings (SSSR count). The minimum Gasteiger partial charge on any atom is -0.467 e. The predicted octanol–water partition coefficient (Wildman–Crippen LogP) is 4.87. The number of nitrogens with zero attached hydrogens (tertiary/aromatic N) is 4. The number of carbonyl (C=O) groups is 1. The van der Waals surface area contributed by atoms with Crippen LogP contribution in [0.1, 0.15) is 48.2 Å². The summed E-state index contributed by atoms with van der Waals surface area (Å²) in [6.45, 7) is 1.73. The molecule has 10 heteroatoms. The van der Waals surface area contributed by atoms with Crippen LogP contribution in [0.2, 0.25) is 0 Å². The van der Waals surface area contributed by atoms with Crippen LogP contribution < -0.4 is 10.1 Å². The SMILES string of the molecule is COc1ncc(C(=O)Nc2c(-c3ncccc3F)ccnc2C2CCC(F)(F)C[C@H]2C)cn1. The van der Waals surface area contributed by atoms with Crippen molar-refractivity contribution in [1.29, 1.82) is 0 Å². The second-order valence-electron chi connectivity index (χ2n) is 8.05. The van der Waals surface area contributed by atoms with Crippen LogP contribution in [-0.2, 0) is 0 Å². The van der Waals surface area contributed by atoms with Gasteiger partial charge in [-0.3, -0.25) is 14.8 Å². The molecule has 1 saturated carbocycles. The molecule has 1 amide bonds. The Bertz CT molecular complexity index is 1160. The number of carbonyl (C=O) groups excluding carboxylic acids is 1. The summed E-state index contributed by atoms with van der Waals surface area (Å²) >= 11 is 0. The van der Waals surface area contributed by atoms with Gasteiger partial charge in [0.2, 0.25) is 5.92 Å². The highest BCUT2D eigenvalue weighted by atomic mass is 19.3. The van der Waals surface area contributed by atoms with Gasteiger partial charge in [-0.15, -0.1) is 0 Å². The number of amides is 1. The van der Waals surface area contributed by atoms with E-state index in [2.05, 4.69) is 25.3 Å². The molecule has 33 heavy (non-hydrogen) atoms. The third-order valence-corrected chi connectivity index (χ3v) is 5.79. The highest BCUT2D eigenvalue weighted by molar-refractivity contribution is 6.06. The summed E-state index contributed by atoms with van der Waals surface area (Å²) in [5.74, 6) is -4.63. The number of nitrogens with one attached hydrogen (secondary N) is 1. The van der Waals surface area contributed by atoms with Gasteiger partial charge in [0.05, 0.1) is 24.1 Å². The third-order valence-electron chi connectivity index (χ3n) is 5.79. The van der Waals surface area contributed by atoms with E-state index in [-0.39, 0.29) is 48.1 Å². The van der Waals surface area contributed by atoms with Gasteiger partial charge >= 0.3 is 6.01 Å². The van der Waals surface area contributed by atoms with Crippen molar-refractivity contribution >= 4 is 11.6 Å². The smallest absolute Gasteiger partial charge is 0.316 e. The molecule has 172 valence electrons. The van der Waals surface area contributed by atoms with E-state index in [1.165, 1.54) is 50.1 Å². The molecule has 1 N–H and O–H groups in total. The van der Waals surface area contributed by atoms with Gasteiger partial charge in [-0.2, -0.15) is 0 Å². The Balaban J connectivity index is 1.78. The van der Waals surface area contributed by atoms with E-state index in [1.54, 1.807) is 6.92 Å². The third kappa shape index (κ3) is 4.79. The first-order chi connectivity index (χ1) is 15.8. The van der Waals surface area contributed by atoms with Crippen LogP contribution >= 0.6 is 0 Å². The van der Waals surface area contributed by atoms with Crippen LogP contribution in [0, 0.1) is 11.7 Å². The van der Waals surface area contributed by atoms with Crippen molar-refractivity contribution in [1.82, 2.24) is 19.9 Å². The zero-order valence-corrected chi connectivity index (χ0v) is 18.1. The number of hydrogen-bond acceptors (Lipinski definition) is 6. The molecule has 1 aliphatic rings. The van der Waals surface area contributed by atoms with Gasteiger partial charge in [0.15, 0.2) is 0 Å². The maximum atomic E-state index is 14.6. The summed E-state index contributed by atoms with van der Waals surface area (Å²) in [5.41, 5.74) is 1.13. The minimum atomic E-state index is -2.75. The van der Waals surface area contributed by atoms with Crippen molar-refractivity contribution in [3.63, 3.8) is 0 Å². The molecular weight excluding hydrogens is 435 g/mol. The lowest BCUT2D eigenvalue weighted by atomic mass is 9.76. The summed E-state index contributed by atoms with van der Waals surface area (Å²) in [7, 11) is 1.40. The summed E-state index contributed by atoms with van der Waals surface area (Å²) in [6, 6.07) is 4.35. The molecule has 1 fully saturated rings. The van der Waals surface area contributed by atoms with Crippen molar-refractivity contribution in [2.24, 2.45) is 5.92 Å². The van der Waals surface area contributed by atoms with Gasteiger partial charge < -0.3 is 10.1 Å². The molecule has 0 saturated heterocycles. The first kappa shape index (κ1) is 22.6. The summed E-state index contributed by atoms with van der Waals surface area (Å²) in [6.07, 6.45) is 5.11. The number of pyridine rings is 2. The maximum absolute atomic E-state index is 14.6. The molecule has 3 aromatic heterocycles. The second kappa shape index (κ2) is 9.13. The lowest BCUT2D eigenvalue weighted by molar-refractivity contribution is -0.0558. The lowest BCUT2D eigenvalue weighted by Crippen LogP contribution is -2.31. The van der Waals surface area contributed by atoms with Gasteiger partial charge in [0.25, 0.3) is 5.91 Å². The van der Waals surface area contributed by atoms with E-state index in [1.807, 2.05) is 0 Å². The second-order valence-corrected chi connectivity index (χ2v) is 8.05. The quantitative estimate of drug-likeness (QED) is 0.588. The largest absolute Gasteiger partial charge is 0.467 e. The van der Waals surface area contributed by atoms with Crippen molar-refractivity contribution in [2.45, 2.75) is 38.0 Å². The molecule has 0 spiro atoms. The highest BCUT2D eigenvalue weighted by Gasteiger charge is 2.41. The maximum Gasteiger partial charge on any atom is 0.316 e. The van der Waals surface area contributed by atoms with Crippen LogP contribution in [0.25, 0.3) is 11.3 Å². The van der Waals surface area contributed by atoms with E-state index in [4.69, 9.17) is 4.74 Å².